The first-order chi connectivity index (χ1) is 5.88. The Morgan fingerprint density at radius 1 is 1.42 bits per heavy atom. The minimum Gasteiger partial charge on any atom is -0.356 e. The molecule has 0 atom stereocenters. The van der Waals surface area contributed by atoms with Crippen LogP contribution in [0.3, 0.4) is 0 Å². The highest BCUT2D eigenvalue weighted by Crippen LogP contribution is 2.04. The van der Waals surface area contributed by atoms with Crippen molar-refractivity contribution >= 4 is 5.95 Å². The molecule has 0 amide bonds. The number of rotatable bonds is 5. The molecule has 0 aromatic carbocycles. The number of hydrogen-bond acceptors (Lipinski definition) is 2. The summed E-state index contributed by atoms with van der Waals surface area (Å²) in [6, 6.07) is 0. The highest BCUT2D eigenvalue weighted by atomic mass is 15.2. The van der Waals surface area contributed by atoms with E-state index in [0.29, 0.717) is 0 Å². The number of hydrogen-bond donors (Lipinski definition) is 1. The largest absolute Gasteiger partial charge is 0.356 e. The third-order valence-corrected chi connectivity index (χ3v) is 1.71. The number of nitrogens with zero attached hydrogens (tertiary/aromatic N) is 2. The maximum atomic E-state index is 4.22. The van der Waals surface area contributed by atoms with Crippen LogP contribution >= 0.6 is 0 Å². The molecule has 0 saturated carbocycles. The summed E-state index contributed by atoms with van der Waals surface area (Å²) in [5.41, 5.74) is 0. The number of aromatic nitrogens is 2. The molecule has 0 aliphatic rings. The molecular weight excluding hydrogens is 150 g/mol. The van der Waals surface area contributed by atoms with Crippen LogP contribution in [0.25, 0.3) is 0 Å². The van der Waals surface area contributed by atoms with Crippen LogP contribution in [0.4, 0.5) is 5.95 Å². The summed E-state index contributed by atoms with van der Waals surface area (Å²) in [5, 5.41) is 3.28. The Morgan fingerprint density at radius 3 is 2.92 bits per heavy atom. The molecule has 3 heteroatoms. The summed E-state index contributed by atoms with van der Waals surface area (Å²) >= 11 is 0. The van der Waals surface area contributed by atoms with Gasteiger partial charge in [-0.25, -0.2) is 4.98 Å². The molecule has 1 rings (SSSR count). The van der Waals surface area contributed by atoms with E-state index >= 15 is 0 Å². The zero-order valence-corrected chi connectivity index (χ0v) is 7.88. The van der Waals surface area contributed by atoms with E-state index in [9.17, 15) is 0 Å². The molecule has 0 aliphatic carbocycles. The van der Waals surface area contributed by atoms with Gasteiger partial charge >= 0.3 is 0 Å². The highest BCUT2D eigenvalue weighted by molar-refractivity contribution is 5.25. The molecule has 0 radical (unpaired) electrons. The van der Waals surface area contributed by atoms with Gasteiger partial charge in [0.15, 0.2) is 0 Å². The predicted octanol–water partition coefficient (Wildman–Crippen LogP) is 2.11. The number of nitrogens with one attached hydrogen (secondary N) is 1. The van der Waals surface area contributed by atoms with Crippen molar-refractivity contribution in [1.29, 1.82) is 0 Å². The maximum Gasteiger partial charge on any atom is 0.202 e. The summed E-state index contributed by atoms with van der Waals surface area (Å²) < 4.78 is 2.15. The van der Waals surface area contributed by atoms with Gasteiger partial charge in [0.2, 0.25) is 5.95 Å². The lowest BCUT2D eigenvalue weighted by atomic mass is 10.5. The Bertz CT molecular complexity index is 217. The average molecular weight is 167 g/mol. The van der Waals surface area contributed by atoms with Crippen LogP contribution in [0.5, 0.6) is 0 Å². The Balaban J connectivity index is 2.51. The third-order valence-electron chi connectivity index (χ3n) is 1.71. The van der Waals surface area contributed by atoms with E-state index in [1.54, 1.807) is 0 Å². The first-order valence-corrected chi connectivity index (χ1v) is 4.63. The molecule has 0 saturated heterocycles. The molecule has 0 unspecified atom stereocenters. The lowest BCUT2D eigenvalue weighted by Crippen LogP contribution is -2.07. The van der Waals surface area contributed by atoms with Crippen molar-refractivity contribution in [3.05, 3.63) is 12.4 Å². The number of imidazole rings is 1. The van der Waals surface area contributed by atoms with Gasteiger partial charge < -0.3 is 9.88 Å². The summed E-state index contributed by atoms with van der Waals surface area (Å²) in [4.78, 5) is 4.22. The second kappa shape index (κ2) is 4.80. The molecule has 0 spiro atoms. The predicted molar refractivity (Wildman–Crippen MR) is 51.3 cm³/mol. The van der Waals surface area contributed by atoms with Crippen molar-refractivity contribution in [2.75, 3.05) is 11.9 Å². The number of anilines is 1. The van der Waals surface area contributed by atoms with Crippen LogP contribution in [-0.4, -0.2) is 16.1 Å². The zero-order chi connectivity index (χ0) is 8.81. The van der Waals surface area contributed by atoms with Crippen LogP contribution in [0.1, 0.15) is 26.7 Å². The van der Waals surface area contributed by atoms with E-state index < -0.39 is 0 Å². The van der Waals surface area contributed by atoms with E-state index in [1.165, 1.54) is 0 Å². The SMILES string of the molecule is CCCNc1nccn1CCC. The van der Waals surface area contributed by atoms with Gasteiger partial charge in [-0.15, -0.1) is 0 Å². The van der Waals surface area contributed by atoms with E-state index in [1.807, 2.05) is 12.4 Å². The van der Waals surface area contributed by atoms with Gasteiger partial charge in [-0.05, 0) is 12.8 Å². The molecule has 1 aromatic rings. The second-order valence-corrected chi connectivity index (χ2v) is 2.87. The van der Waals surface area contributed by atoms with Crippen LogP contribution in [0.2, 0.25) is 0 Å². The molecule has 0 aliphatic heterocycles. The van der Waals surface area contributed by atoms with Crippen LogP contribution in [0.15, 0.2) is 12.4 Å². The van der Waals surface area contributed by atoms with Crippen molar-refractivity contribution in [3.8, 4) is 0 Å². The lowest BCUT2D eigenvalue weighted by molar-refractivity contribution is 0.681. The van der Waals surface area contributed by atoms with Gasteiger partial charge in [0.1, 0.15) is 0 Å². The summed E-state index contributed by atoms with van der Waals surface area (Å²) in [5.74, 6) is 0.999. The van der Waals surface area contributed by atoms with Crippen molar-refractivity contribution < 1.29 is 0 Å². The van der Waals surface area contributed by atoms with Gasteiger partial charge in [-0.2, -0.15) is 0 Å². The minimum atomic E-state index is 0.999. The van der Waals surface area contributed by atoms with Gasteiger partial charge in [0, 0.05) is 25.5 Å². The smallest absolute Gasteiger partial charge is 0.202 e. The third kappa shape index (κ3) is 2.26. The fourth-order valence-electron chi connectivity index (χ4n) is 1.13. The van der Waals surface area contributed by atoms with Gasteiger partial charge in [-0.3, -0.25) is 0 Å². The van der Waals surface area contributed by atoms with E-state index in [4.69, 9.17) is 0 Å². The van der Waals surface area contributed by atoms with Gasteiger partial charge in [0.05, 0.1) is 0 Å². The zero-order valence-electron chi connectivity index (χ0n) is 7.88. The molecule has 0 fully saturated rings. The Labute approximate surface area is 73.8 Å². The van der Waals surface area contributed by atoms with E-state index in [0.717, 1.165) is 31.9 Å². The minimum absolute atomic E-state index is 0.999. The van der Waals surface area contributed by atoms with Crippen molar-refractivity contribution in [2.24, 2.45) is 0 Å². The fourth-order valence-corrected chi connectivity index (χ4v) is 1.13. The standard InChI is InChI=1S/C9H17N3/c1-3-5-10-9-11-6-8-12(9)7-4-2/h6,8H,3-5,7H2,1-2H3,(H,10,11). The molecule has 12 heavy (non-hydrogen) atoms. The second-order valence-electron chi connectivity index (χ2n) is 2.87. The number of aryl methyl sites for hydroxylation is 1. The molecule has 1 heterocycles. The lowest BCUT2D eigenvalue weighted by Gasteiger charge is -2.06. The summed E-state index contributed by atoms with van der Waals surface area (Å²) in [6.07, 6.45) is 6.14. The highest BCUT2D eigenvalue weighted by Gasteiger charge is 1.98. The molecule has 1 aromatic heterocycles. The first kappa shape index (κ1) is 9.10. The Hall–Kier alpha value is -0.990. The van der Waals surface area contributed by atoms with Gasteiger partial charge in [-0.1, -0.05) is 13.8 Å². The van der Waals surface area contributed by atoms with Crippen LogP contribution in [-0.2, 0) is 6.54 Å². The van der Waals surface area contributed by atoms with Crippen molar-refractivity contribution in [2.45, 2.75) is 33.2 Å². The van der Waals surface area contributed by atoms with Crippen molar-refractivity contribution in [3.63, 3.8) is 0 Å². The quantitative estimate of drug-likeness (QED) is 0.728. The Morgan fingerprint density at radius 2 is 2.25 bits per heavy atom. The normalized spacial score (nSPS) is 10.2. The fraction of sp³-hybridized carbons (Fsp3) is 0.667. The molecule has 1 N–H and O–H groups in total. The first-order valence-electron chi connectivity index (χ1n) is 4.63. The van der Waals surface area contributed by atoms with Gasteiger partial charge in [0.25, 0.3) is 0 Å². The molecule has 3 nitrogen and oxygen atoms in total. The van der Waals surface area contributed by atoms with Crippen LogP contribution < -0.4 is 5.32 Å². The summed E-state index contributed by atoms with van der Waals surface area (Å²) in [6.45, 7) is 6.37. The molecule has 68 valence electrons. The molecular formula is C9H17N3. The maximum absolute atomic E-state index is 4.22. The van der Waals surface area contributed by atoms with Crippen molar-refractivity contribution in [1.82, 2.24) is 9.55 Å². The average Bonchev–Trinajstić information content (AvgIpc) is 2.50. The topological polar surface area (TPSA) is 29.9 Å². The van der Waals surface area contributed by atoms with Crippen LogP contribution in [0, 0.1) is 0 Å². The van der Waals surface area contributed by atoms with E-state index in [-0.39, 0.29) is 0 Å². The Kier molecular flexibility index (Phi) is 3.64. The monoisotopic (exact) mass is 167 g/mol. The molecule has 0 bridgehead atoms. The summed E-state index contributed by atoms with van der Waals surface area (Å²) in [7, 11) is 0. The van der Waals surface area contributed by atoms with E-state index in [2.05, 4.69) is 28.7 Å².